The van der Waals surface area contributed by atoms with Crippen LogP contribution in [-0.4, -0.2) is 24.9 Å². The fourth-order valence-electron chi connectivity index (χ4n) is 2.50. The highest BCUT2D eigenvalue weighted by atomic mass is 16.5. The number of aromatic nitrogens is 1. The molecule has 0 bridgehead atoms. The summed E-state index contributed by atoms with van der Waals surface area (Å²) in [7, 11) is 3.35. The molecule has 1 heterocycles. The number of rotatable bonds is 9. The minimum atomic E-state index is -0.182. The standard InChI is InChI=1S/C19H27NO4/c1-5-7-11-23-17-15-10-9-14(22-4)13-16(15)20(3)19(21)18(17)24-12-8-6-2/h9-10,13H,5-8,11-12H2,1-4H3. The first-order valence-electron chi connectivity index (χ1n) is 8.60. The van der Waals surface area contributed by atoms with Crippen molar-refractivity contribution in [2.45, 2.75) is 39.5 Å². The molecule has 24 heavy (non-hydrogen) atoms. The third-order valence-corrected chi connectivity index (χ3v) is 4.00. The van der Waals surface area contributed by atoms with Crippen LogP contribution < -0.4 is 19.8 Å². The second-order valence-corrected chi connectivity index (χ2v) is 5.81. The summed E-state index contributed by atoms with van der Waals surface area (Å²) in [6.07, 6.45) is 3.87. The van der Waals surface area contributed by atoms with Crippen molar-refractivity contribution < 1.29 is 14.2 Å². The topological polar surface area (TPSA) is 49.7 Å². The lowest BCUT2D eigenvalue weighted by molar-refractivity contribution is 0.260. The molecular weight excluding hydrogens is 306 g/mol. The number of methoxy groups -OCH3 is 1. The van der Waals surface area contributed by atoms with E-state index in [4.69, 9.17) is 14.2 Å². The van der Waals surface area contributed by atoms with E-state index in [-0.39, 0.29) is 5.56 Å². The highest BCUT2D eigenvalue weighted by Crippen LogP contribution is 2.34. The number of unbranched alkanes of at least 4 members (excludes halogenated alkanes) is 2. The zero-order valence-corrected chi connectivity index (χ0v) is 15.1. The van der Waals surface area contributed by atoms with Crippen molar-refractivity contribution in [3.8, 4) is 17.2 Å². The van der Waals surface area contributed by atoms with Gasteiger partial charge in [-0.2, -0.15) is 0 Å². The molecular formula is C19H27NO4. The molecule has 0 unspecified atom stereocenters. The molecule has 0 atom stereocenters. The first kappa shape index (κ1) is 18.2. The Balaban J connectivity index is 2.56. The number of hydrogen-bond acceptors (Lipinski definition) is 4. The third kappa shape index (κ3) is 3.83. The molecule has 5 nitrogen and oxygen atoms in total. The van der Waals surface area contributed by atoms with Crippen LogP contribution in [0.25, 0.3) is 10.9 Å². The third-order valence-electron chi connectivity index (χ3n) is 4.00. The van der Waals surface area contributed by atoms with Crippen molar-refractivity contribution in [2.24, 2.45) is 7.05 Å². The van der Waals surface area contributed by atoms with Crippen molar-refractivity contribution in [1.29, 1.82) is 0 Å². The maximum absolute atomic E-state index is 12.7. The fraction of sp³-hybridized carbons (Fsp3) is 0.526. The predicted molar refractivity (Wildman–Crippen MR) is 96.5 cm³/mol. The molecule has 0 aliphatic rings. The van der Waals surface area contributed by atoms with Gasteiger partial charge in [-0.3, -0.25) is 4.79 Å². The lowest BCUT2D eigenvalue weighted by atomic mass is 10.1. The van der Waals surface area contributed by atoms with Gasteiger partial charge in [-0.25, -0.2) is 0 Å². The molecule has 0 saturated carbocycles. The van der Waals surface area contributed by atoms with Crippen LogP contribution in [0.4, 0.5) is 0 Å². The van der Waals surface area contributed by atoms with E-state index in [9.17, 15) is 4.79 Å². The smallest absolute Gasteiger partial charge is 0.297 e. The number of fused-ring (bicyclic) bond motifs is 1. The normalized spacial score (nSPS) is 10.8. The molecule has 0 spiro atoms. The van der Waals surface area contributed by atoms with Crippen molar-refractivity contribution in [1.82, 2.24) is 4.57 Å². The van der Waals surface area contributed by atoms with E-state index in [2.05, 4.69) is 13.8 Å². The Kier molecular flexibility index (Phi) is 6.53. The van der Waals surface area contributed by atoms with Gasteiger partial charge in [0, 0.05) is 18.5 Å². The van der Waals surface area contributed by atoms with E-state index in [0.29, 0.717) is 30.5 Å². The van der Waals surface area contributed by atoms with E-state index in [1.807, 2.05) is 18.2 Å². The number of ether oxygens (including phenoxy) is 3. The van der Waals surface area contributed by atoms with Crippen LogP contribution in [0, 0.1) is 0 Å². The highest BCUT2D eigenvalue weighted by molar-refractivity contribution is 5.89. The minimum Gasteiger partial charge on any atom is -0.497 e. The first-order valence-corrected chi connectivity index (χ1v) is 8.60. The molecule has 2 rings (SSSR count). The molecule has 0 aliphatic carbocycles. The van der Waals surface area contributed by atoms with E-state index >= 15 is 0 Å². The van der Waals surface area contributed by atoms with Crippen molar-refractivity contribution in [3.63, 3.8) is 0 Å². The average molecular weight is 333 g/mol. The Morgan fingerprint density at radius 1 is 1.00 bits per heavy atom. The van der Waals surface area contributed by atoms with Gasteiger partial charge in [0.05, 0.1) is 25.8 Å². The van der Waals surface area contributed by atoms with Crippen LogP contribution >= 0.6 is 0 Å². The molecule has 0 saturated heterocycles. The zero-order chi connectivity index (χ0) is 17.5. The van der Waals surface area contributed by atoms with Crippen LogP contribution in [0.2, 0.25) is 0 Å². The summed E-state index contributed by atoms with van der Waals surface area (Å²) in [5, 5.41) is 0.862. The lowest BCUT2D eigenvalue weighted by Gasteiger charge is -2.17. The van der Waals surface area contributed by atoms with E-state index in [0.717, 1.165) is 36.6 Å². The van der Waals surface area contributed by atoms with Crippen molar-refractivity contribution in [3.05, 3.63) is 28.6 Å². The molecule has 1 aromatic heterocycles. The van der Waals surface area contributed by atoms with E-state index in [1.165, 1.54) is 0 Å². The molecule has 132 valence electrons. The summed E-state index contributed by atoms with van der Waals surface area (Å²) in [5.41, 5.74) is 0.590. The monoisotopic (exact) mass is 333 g/mol. The molecule has 0 aliphatic heterocycles. The van der Waals surface area contributed by atoms with Gasteiger partial charge < -0.3 is 18.8 Å². The lowest BCUT2D eigenvalue weighted by Crippen LogP contribution is -2.21. The van der Waals surface area contributed by atoms with Gasteiger partial charge in [0.25, 0.3) is 5.56 Å². The summed E-state index contributed by atoms with van der Waals surface area (Å²) < 4.78 is 18.6. The zero-order valence-electron chi connectivity index (χ0n) is 15.1. The van der Waals surface area contributed by atoms with Crippen LogP contribution in [-0.2, 0) is 7.05 Å². The van der Waals surface area contributed by atoms with Crippen LogP contribution in [0.3, 0.4) is 0 Å². The molecule has 2 aromatic rings. The Bertz CT molecular complexity index is 736. The maximum Gasteiger partial charge on any atom is 0.297 e. The van der Waals surface area contributed by atoms with Crippen LogP contribution in [0.1, 0.15) is 39.5 Å². The summed E-state index contributed by atoms with van der Waals surface area (Å²) in [5.74, 6) is 1.55. The molecule has 1 aromatic carbocycles. The summed E-state index contributed by atoms with van der Waals surface area (Å²) in [6, 6.07) is 5.64. The predicted octanol–water partition coefficient (Wildman–Crippen LogP) is 3.90. The SMILES string of the molecule is CCCCOc1c(OCCCC)c2ccc(OC)cc2n(C)c1=O. The fourth-order valence-corrected chi connectivity index (χ4v) is 2.50. The Labute approximate surface area is 143 Å². The number of aryl methyl sites for hydroxylation is 1. The van der Waals surface area contributed by atoms with Crippen molar-refractivity contribution >= 4 is 10.9 Å². The molecule has 0 fully saturated rings. The van der Waals surface area contributed by atoms with Crippen LogP contribution in [0.5, 0.6) is 17.2 Å². The largest absolute Gasteiger partial charge is 0.497 e. The molecule has 0 amide bonds. The van der Waals surface area contributed by atoms with Gasteiger partial charge in [0.15, 0.2) is 5.75 Å². The van der Waals surface area contributed by atoms with Gasteiger partial charge in [0.1, 0.15) is 5.75 Å². The van der Waals surface area contributed by atoms with Gasteiger partial charge in [-0.1, -0.05) is 26.7 Å². The van der Waals surface area contributed by atoms with Gasteiger partial charge in [-0.15, -0.1) is 0 Å². The highest BCUT2D eigenvalue weighted by Gasteiger charge is 2.18. The van der Waals surface area contributed by atoms with Crippen molar-refractivity contribution in [2.75, 3.05) is 20.3 Å². The minimum absolute atomic E-state index is 0.182. The first-order chi connectivity index (χ1) is 11.6. The number of hydrogen-bond donors (Lipinski definition) is 0. The second kappa shape index (κ2) is 8.62. The van der Waals surface area contributed by atoms with Gasteiger partial charge >= 0.3 is 0 Å². The number of benzene rings is 1. The summed E-state index contributed by atoms with van der Waals surface area (Å²) in [6.45, 7) is 5.27. The Morgan fingerprint density at radius 3 is 2.21 bits per heavy atom. The van der Waals surface area contributed by atoms with E-state index < -0.39 is 0 Å². The van der Waals surface area contributed by atoms with E-state index in [1.54, 1.807) is 18.7 Å². The number of pyridine rings is 1. The number of nitrogens with zero attached hydrogens (tertiary/aromatic N) is 1. The summed E-state index contributed by atoms with van der Waals surface area (Å²) in [4.78, 5) is 12.7. The van der Waals surface area contributed by atoms with Gasteiger partial charge in [-0.05, 0) is 25.0 Å². The molecule has 5 heteroatoms. The Morgan fingerprint density at radius 2 is 1.62 bits per heavy atom. The molecule has 0 radical (unpaired) electrons. The Hall–Kier alpha value is -2.17. The average Bonchev–Trinajstić information content (AvgIpc) is 2.61. The van der Waals surface area contributed by atoms with Crippen LogP contribution in [0.15, 0.2) is 23.0 Å². The molecule has 0 N–H and O–H groups in total. The summed E-state index contributed by atoms with van der Waals surface area (Å²) >= 11 is 0. The maximum atomic E-state index is 12.7. The quantitative estimate of drug-likeness (QED) is 0.653. The van der Waals surface area contributed by atoms with Gasteiger partial charge in [0.2, 0.25) is 5.75 Å². The second-order valence-electron chi connectivity index (χ2n) is 5.81.